The molecule has 0 spiro atoms. The minimum atomic E-state index is -0.817. The fraction of sp³-hybridized carbons (Fsp3) is 0.589. The number of carbonyl (C=O) groups excluding carboxylic acids is 3. The summed E-state index contributed by atoms with van der Waals surface area (Å²) in [4.78, 5) is 37.8. The van der Waals surface area contributed by atoms with Gasteiger partial charge in [-0.05, 0) is 109 Å². The Morgan fingerprint density at radius 1 is 0.339 bits per heavy atom. The Morgan fingerprint density at radius 3 is 0.984 bits per heavy atom. The Morgan fingerprint density at radius 2 is 0.629 bits per heavy atom. The van der Waals surface area contributed by atoms with Crippen LogP contribution in [0.1, 0.15) is 194 Å². The summed E-state index contributed by atoms with van der Waals surface area (Å²) in [6.07, 6.45) is 67.7. The standard InChI is InChI=1S/C56H88O6/c1-4-7-10-13-16-19-21-23-25-26-27-28-29-30-32-33-35-37-40-43-46-49-55(58)61-52-53(51-60-54(57)48-45-42-39-18-15-12-9-6-3)62-56(59)50-47-44-41-38-36-34-31-24-22-20-17-14-11-8-5-2/h7-8,10-11,16-17,19-20,23-25,27-28,30-32,35-38,53H,4-6,9,12-15,18,21-22,26,29,33-34,39-52H2,1-3H3/b10-7-,11-8-,19-16-,20-17-,25-23-,28-27-,31-24-,32-30-,37-35-,38-36-. The molecule has 0 rings (SSSR count). The van der Waals surface area contributed by atoms with Gasteiger partial charge in [0.25, 0.3) is 0 Å². The Balaban J connectivity index is 4.47. The van der Waals surface area contributed by atoms with Crippen molar-refractivity contribution in [2.45, 2.75) is 200 Å². The largest absolute Gasteiger partial charge is 0.462 e. The lowest BCUT2D eigenvalue weighted by atomic mass is 10.1. The van der Waals surface area contributed by atoms with Gasteiger partial charge in [-0.2, -0.15) is 0 Å². The minimum absolute atomic E-state index is 0.112. The fourth-order valence-electron chi connectivity index (χ4n) is 6.08. The molecule has 0 N–H and O–H groups in total. The van der Waals surface area contributed by atoms with Crippen molar-refractivity contribution in [1.82, 2.24) is 0 Å². The van der Waals surface area contributed by atoms with Gasteiger partial charge in [0.2, 0.25) is 0 Å². The summed E-state index contributed by atoms with van der Waals surface area (Å²) in [7, 11) is 0. The van der Waals surface area contributed by atoms with Gasteiger partial charge >= 0.3 is 17.9 Å². The zero-order chi connectivity index (χ0) is 45.1. The van der Waals surface area contributed by atoms with Crippen molar-refractivity contribution in [3.8, 4) is 0 Å². The summed E-state index contributed by atoms with van der Waals surface area (Å²) >= 11 is 0. The number of hydrogen-bond acceptors (Lipinski definition) is 6. The van der Waals surface area contributed by atoms with E-state index in [0.717, 1.165) is 109 Å². The molecule has 0 fully saturated rings. The van der Waals surface area contributed by atoms with Gasteiger partial charge in [-0.3, -0.25) is 14.4 Å². The Hall–Kier alpha value is -4.19. The smallest absolute Gasteiger partial charge is 0.306 e. The molecule has 0 saturated carbocycles. The summed E-state index contributed by atoms with van der Waals surface area (Å²) in [5.41, 5.74) is 0. The normalized spacial score (nSPS) is 13.1. The van der Waals surface area contributed by atoms with Crippen LogP contribution in [0.3, 0.4) is 0 Å². The molecule has 0 aliphatic carbocycles. The Labute approximate surface area is 380 Å². The SMILES string of the molecule is CC/C=C\C/C=C\C/C=C\C/C=C\C/C=C\C/C=C\CCCCC(=O)OCC(COC(=O)CCCCCCCCCC)OC(=O)CCCC/C=C\C/C=C\C/C=C\C/C=C\CC. The molecule has 1 atom stereocenters. The molecule has 6 nitrogen and oxygen atoms in total. The number of hydrogen-bond donors (Lipinski definition) is 0. The predicted octanol–water partition coefficient (Wildman–Crippen LogP) is 16.1. The van der Waals surface area contributed by atoms with Crippen molar-refractivity contribution in [3.63, 3.8) is 0 Å². The lowest BCUT2D eigenvalue weighted by molar-refractivity contribution is -0.167. The van der Waals surface area contributed by atoms with Gasteiger partial charge in [0, 0.05) is 19.3 Å². The molecule has 0 saturated heterocycles. The maximum absolute atomic E-state index is 12.7. The molecule has 0 heterocycles. The van der Waals surface area contributed by atoms with Gasteiger partial charge in [-0.25, -0.2) is 0 Å². The molecule has 6 heteroatoms. The van der Waals surface area contributed by atoms with Gasteiger partial charge in [0.1, 0.15) is 13.2 Å². The van der Waals surface area contributed by atoms with E-state index in [0.29, 0.717) is 25.7 Å². The highest BCUT2D eigenvalue weighted by atomic mass is 16.6. The van der Waals surface area contributed by atoms with Crippen LogP contribution in [0, 0.1) is 0 Å². The molecule has 0 aliphatic heterocycles. The number of carbonyl (C=O) groups is 3. The van der Waals surface area contributed by atoms with Gasteiger partial charge in [-0.15, -0.1) is 0 Å². The maximum Gasteiger partial charge on any atom is 0.306 e. The van der Waals surface area contributed by atoms with Crippen molar-refractivity contribution in [2.75, 3.05) is 13.2 Å². The van der Waals surface area contributed by atoms with E-state index < -0.39 is 6.10 Å². The van der Waals surface area contributed by atoms with Crippen molar-refractivity contribution >= 4 is 17.9 Å². The van der Waals surface area contributed by atoms with E-state index in [1.807, 2.05) is 0 Å². The number of ether oxygens (including phenoxy) is 3. The van der Waals surface area contributed by atoms with Crippen LogP contribution < -0.4 is 0 Å². The zero-order valence-corrected chi connectivity index (χ0v) is 39.6. The van der Waals surface area contributed by atoms with Crippen molar-refractivity contribution < 1.29 is 28.6 Å². The van der Waals surface area contributed by atoms with E-state index in [2.05, 4.69) is 142 Å². The van der Waals surface area contributed by atoms with Crippen molar-refractivity contribution in [3.05, 3.63) is 122 Å². The Kier molecular flexibility index (Phi) is 46.1. The second kappa shape index (κ2) is 49.5. The molecule has 0 amide bonds. The summed E-state index contributed by atoms with van der Waals surface area (Å²) in [5.74, 6) is -1.01. The van der Waals surface area contributed by atoms with Crippen LogP contribution in [0.5, 0.6) is 0 Å². The van der Waals surface area contributed by atoms with E-state index in [9.17, 15) is 14.4 Å². The van der Waals surface area contributed by atoms with Crippen LogP contribution in [-0.4, -0.2) is 37.2 Å². The van der Waals surface area contributed by atoms with E-state index in [4.69, 9.17) is 14.2 Å². The average molecular weight is 857 g/mol. The predicted molar refractivity (Wildman–Crippen MR) is 265 cm³/mol. The monoisotopic (exact) mass is 857 g/mol. The van der Waals surface area contributed by atoms with Crippen molar-refractivity contribution in [1.29, 1.82) is 0 Å². The van der Waals surface area contributed by atoms with E-state index in [1.54, 1.807) is 0 Å². The van der Waals surface area contributed by atoms with Gasteiger partial charge in [0.05, 0.1) is 0 Å². The molecule has 0 aliphatic rings. The second-order valence-corrected chi connectivity index (χ2v) is 15.6. The first-order valence-electron chi connectivity index (χ1n) is 24.5. The summed E-state index contributed by atoms with van der Waals surface area (Å²) < 4.78 is 16.6. The highest BCUT2D eigenvalue weighted by Crippen LogP contribution is 2.12. The number of unbranched alkanes of at least 4 members (excludes halogenated alkanes) is 11. The van der Waals surface area contributed by atoms with Gasteiger partial charge in [0.15, 0.2) is 6.10 Å². The third kappa shape index (κ3) is 46.9. The van der Waals surface area contributed by atoms with Crippen molar-refractivity contribution in [2.24, 2.45) is 0 Å². The lowest BCUT2D eigenvalue weighted by Crippen LogP contribution is -2.30. The topological polar surface area (TPSA) is 78.9 Å². The zero-order valence-electron chi connectivity index (χ0n) is 39.6. The van der Waals surface area contributed by atoms with Crippen LogP contribution in [0.2, 0.25) is 0 Å². The van der Waals surface area contributed by atoms with Crippen LogP contribution in [0.4, 0.5) is 0 Å². The number of allylic oxidation sites excluding steroid dienone is 20. The second-order valence-electron chi connectivity index (χ2n) is 15.6. The first-order chi connectivity index (χ1) is 30.5. The number of esters is 3. The highest BCUT2D eigenvalue weighted by Gasteiger charge is 2.19. The molecule has 0 aromatic heterocycles. The fourth-order valence-corrected chi connectivity index (χ4v) is 6.08. The van der Waals surface area contributed by atoms with E-state index in [1.165, 1.54) is 32.1 Å². The summed E-state index contributed by atoms with van der Waals surface area (Å²) in [5, 5.41) is 0. The molecule has 1 unspecified atom stereocenters. The average Bonchev–Trinajstić information content (AvgIpc) is 3.27. The van der Waals surface area contributed by atoms with Gasteiger partial charge in [-0.1, -0.05) is 187 Å². The molecule has 0 bridgehead atoms. The minimum Gasteiger partial charge on any atom is -0.462 e. The lowest BCUT2D eigenvalue weighted by Gasteiger charge is -2.18. The summed E-state index contributed by atoms with van der Waals surface area (Å²) in [6, 6.07) is 0. The first kappa shape index (κ1) is 57.8. The highest BCUT2D eigenvalue weighted by molar-refractivity contribution is 5.71. The Bertz CT molecular complexity index is 1350. The quantitative estimate of drug-likeness (QED) is 0.0263. The van der Waals surface area contributed by atoms with Crippen LogP contribution in [-0.2, 0) is 28.6 Å². The molecule has 0 aromatic carbocycles. The van der Waals surface area contributed by atoms with E-state index >= 15 is 0 Å². The van der Waals surface area contributed by atoms with Crippen LogP contribution in [0.15, 0.2) is 122 Å². The van der Waals surface area contributed by atoms with Gasteiger partial charge < -0.3 is 14.2 Å². The summed E-state index contributed by atoms with van der Waals surface area (Å²) in [6.45, 7) is 6.28. The van der Waals surface area contributed by atoms with E-state index in [-0.39, 0.29) is 37.5 Å². The third-order valence-corrected chi connectivity index (χ3v) is 9.71. The first-order valence-corrected chi connectivity index (χ1v) is 24.5. The molecular weight excluding hydrogens is 769 g/mol. The number of rotatable bonds is 42. The van der Waals surface area contributed by atoms with Crippen LogP contribution >= 0.6 is 0 Å². The molecule has 62 heavy (non-hydrogen) atoms. The molecular formula is C56H88O6. The third-order valence-electron chi connectivity index (χ3n) is 9.71. The molecule has 0 radical (unpaired) electrons. The molecule has 348 valence electrons. The maximum atomic E-state index is 12.7. The molecule has 0 aromatic rings. The van der Waals surface area contributed by atoms with Crippen LogP contribution in [0.25, 0.3) is 0 Å².